The third kappa shape index (κ3) is 4.33. The quantitative estimate of drug-likeness (QED) is 0.799. The van der Waals surface area contributed by atoms with Crippen LogP contribution in [-0.2, 0) is 20.9 Å². The van der Waals surface area contributed by atoms with Crippen molar-refractivity contribution in [1.82, 2.24) is 9.88 Å². The zero-order chi connectivity index (χ0) is 18.5. The highest BCUT2D eigenvalue weighted by atomic mass is 16.5. The number of aryl methyl sites for hydroxylation is 1. The molecule has 1 fully saturated rings. The van der Waals surface area contributed by atoms with Crippen molar-refractivity contribution in [3.05, 3.63) is 34.8 Å². The molecule has 0 bridgehead atoms. The first-order valence-electron chi connectivity index (χ1n) is 9.13. The molecule has 3 rings (SSSR count). The molecule has 0 radical (unpaired) electrons. The van der Waals surface area contributed by atoms with Crippen LogP contribution in [-0.4, -0.2) is 28.6 Å². The van der Waals surface area contributed by atoms with Crippen molar-refractivity contribution >= 4 is 23.0 Å². The van der Waals surface area contributed by atoms with Gasteiger partial charge < -0.3 is 14.5 Å². The lowest BCUT2D eigenvalue weighted by molar-refractivity contribution is -0.155. The fourth-order valence-corrected chi connectivity index (χ4v) is 3.30. The first kappa shape index (κ1) is 18.2. The Balaban J connectivity index is 1.50. The average molecular weight is 360 g/mol. The Morgan fingerprint density at radius 3 is 2.77 bits per heavy atom. The number of nitrogens with zero attached hydrogens (tertiary/aromatic N) is 1. The lowest BCUT2D eigenvalue weighted by Gasteiger charge is -2.24. The Bertz CT molecular complexity index is 832. The van der Waals surface area contributed by atoms with Crippen LogP contribution < -0.4 is 11.1 Å². The Hall–Kier alpha value is -2.57. The van der Waals surface area contributed by atoms with Gasteiger partial charge in [0, 0.05) is 12.6 Å². The number of aromatic nitrogens is 1. The van der Waals surface area contributed by atoms with Crippen molar-refractivity contribution in [3.8, 4) is 0 Å². The van der Waals surface area contributed by atoms with Gasteiger partial charge in [-0.15, -0.1) is 0 Å². The van der Waals surface area contributed by atoms with Gasteiger partial charge in [-0.1, -0.05) is 31.4 Å². The number of esters is 1. The van der Waals surface area contributed by atoms with Crippen LogP contribution in [0.15, 0.2) is 33.5 Å². The highest BCUT2D eigenvalue weighted by Gasteiger charge is 2.22. The summed E-state index contributed by atoms with van der Waals surface area (Å²) in [6.07, 6.45) is 4.54. The fourth-order valence-electron chi connectivity index (χ4n) is 3.30. The summed E-state index contributed by atoms with van der Waals surface area (Å²) in [7, 11) is 0. The van der Waals surface area contributed by atoms with E-state index in [0.717, 1.165) is 25.7 Å². The number of benzene rings is 1. The first-order chi connectivity index (χ1) is 12.5. The van der Waals surface area contributed by atoms with E-state index in [1.165, 1.54) is 11.0 Å². The predicted molar refractivity (Wildman–Crippen MR) is 95.7 cm³/mol. The van der Waals surface area contributed by atoms with Crippen LogP contribution in [0.2, 0.25) is 0 Å². The van der Waals surface area contributed by atoms with Gasteiger partial charge in [-0.3, -0.25) is 14.2 Å². The molecule has 1 amide bonds. The summed E-state index contributed by atoms with van der Waals surface area (Å²) in [6, 6.07) is 7.20. The number of para-hydroxylation sites is 2. The molecule has 7 nitrogen and oxygen atoms in total. The largest absolute Gasteiger partial charge is 0.452 e. The topological polar surface area (TPSA) is 90.5 Å². The Morgan fingerprint density at radius 1 is 1.27 bits per heavy atom. The van der Waals surface area contributed by atoms with Crippen molar-refractivity contribution in [3.63, 3.8) is 0 Å². The minimum Gasteiger partial charge on any atom is -0.452 e. The van der Waals surface area contributed by atoms with Crippen molar-refractivity contribution < 1.29 is 18.7 Å². The van der Waals surface area contributed by atoms with E-state index >= 15 is 0 Å². The highest BCUT2D eigenvalue weighted by Crippen LogP contribution is 2.17. The van der Waals surface area contributed by atoms with Crippen molar-refractivity contribution in [2.75, 3.05) is 0 Å². The van der Waals surface area contributed by atoms with Crippen LogP contribution in [0.3, 0.4) is 0 Å². The summed E-state index contributed by atoms with van der Waals surface area (Å²) in [6.45, 7) is 1.71. The molecule has 0 aliphatic heterocycles. The minimum absolute atomic E-state index is 0.00944. The SMILES string of the molecule is CC(OC(=O)CCn1c(=O)oc2ccccc21)C(=O)NC1CCCCC1. The normalized spacial score (nSPS) is 16.3. The molecular formula is C19H24N2O5. The summed E-state index contributed by atoms with van der Waals surface area (Å²) in [4.78, 5) is 36.1. The first-order valence-corrected chi connectivity index (χ1v) is 9.13. The number of hydrogen-bond acceptors (Lipinski definition) is 5. The molecule has 1 N–H and O–H groups in total. The predicted octanol–water partition coefficient (Wildman–Crippen LogP) is 2.37. The maximum absolute atomic E-state index is 12.2. The number of amides is 1. The maximum Gasteiger partial charge on any atom is 0.419 e. The Morgan fingerprint density at radius 2 is 2.00 bits per heavy atom. The van der Waals surface area contributed by atoms with E-state index in [1.807, 2.05) is 0 Å². The van der Waals surface area contributed by atoms with Gasteiger partial charge in [0.15, 0.2) is 11.7 Å². The van der Waals surface area contributed by atoms with Gasteiger partial charge in [-0.2, -0.15) is 0 Å². The molecule has 1 aliphatic rings. The molecule has 1 aliphatic carbocycles. The molecule has 1 heterocycles. The molecular weight excluding hydrogens is 336 g/mol. The van der Waals surface area contributed by atoms with Crippen molar-refractivity contribution in [1.29, 1.82) is 0 Å². The lowest BCUT2D eigenvalue weighted by atomic mass is 9.95. The molecule has 26 heavy (non-hydrogen) atoms. The second-order valence-electron chi connectivity index (χ2n) is 6.71. The third-order valence-corrected chi connectivity index (χ3v) is 4.74. The Labute approximate surface area is 151 Å². The molecule has 1 unspecified atom stereocenters. The van der Waals surface area contributed by atoms with Gasteiger partial charge in [0.05, 0.1) is 11.9 Å². The maximum atomic E-state index is 12.2. The van der Waals surface area contributed by atoms with Crippen LogP contribution in [0.4, 0.5) is 0 Å². The van der Waals surface area contributed by atoms with Crippen LogP contribution in [0, 0.1) is 0 Å². The molecule has 1 atom stereocenters. The number of carbonyl (C=O) groups excluding carboxylic acids is 2. The monoisotopic (exact) mass is 360 g/mol. The van der Waals surface area contributed by atoms with Crippen LogP contribution in [0.5, 0.6) is 0 Å². The number of rotatable bonds is 6. The van der Waals surface area contributed by atoms with E-state index in [9.17, 15) is 14.4 Å². The molecule has 1 aromatic carbocycles. The Kier molecular flexibility index (Phi) is 5.75. The number of nitrogens with one attached hydrogen (secondary N) is 1. The summed E-state index contributed by atoms with van der Waals surface area (Å²) >= 11 is 0. The number of ether oxygens (including phenoxy) is 1. The molecule has 1 aromatic heterocycles. The van der Waals surface area contributed by atoms with Crippen LogP contribution in [0.25, 0.3) is 11.1 Å². The van der Waals surface area contributed by atoms with E-state index < -0.39 is 17.8 Å². The molecule has 7 heteroatoms. The fraction of sp³-hybridized carbons (Fsp3) is 0.526. The second-order valence-corrected chi connectivity index (χ2v) is 6.71. The molecule has 140 valence electrons. The van der Waals surface area contributed by atoms with Crippen molar-refractivity contribution in [2.24, 2.45) is 0 Å². The van der Waals surface area contributed by atoms with Gasteiger partial charge in [-0.25, -0.2) is 4.79 Å². The smallest absolute Gasteiger partial charge is 0.419 e. The van der Waals surface area contributed by atoms with E-state index in [2.05, 4.69) is 5.32 Å². The van der Waals surface area contributed by atoms with Crippen LogP contribution >= 0.6 is 0 Å². The minimum atomic E-state index is -0.845. The number of hydrogen-bond donors (Lipinski definition) is 1. The second kappa shape index (κ2) is 8.21. The summed E-state index contributed by atoms with van der Waals surface area (Å²) in [5, 5.41) is 2.94. The summed E-state index contributed by atoms with van der Waals surface area (Å²) in [5.74, 6) is -1.30. The van der Waals surface area contributed by atoms with Gasteiger partial charge >= 0.3 is 11.7 Å². The zero-order valence-corrected chi connectivity index (χ0v) is 14.9. The van der Waals surface area contributed by atoms with E-state index in [0.29, 0.717) is 11.1 Å². The van der Waals surface area contributed by atoms with Crippen molar-refractivity contribution in [2.45, 2.75) is 64.1 Å². The average Bonchev–Trinajstić information content (AvgIpc) is 2.96. The van der Waals surface area contributed by atoms with Gasteiger partial charge in [-0.05, 0) is 31.9 Å². The van der Waals surface area contributed by atoms with E-state index in [4.69, 9.17) is 9.15 Å². The summed E-state index contributed by atoms with van der Waals surface area (Å²) < 4.78 is 11.7. The number of carbonyl (C=O) groups is 2. The number of oxazole rings is 1. The summed E-state index contributed by atoms with van der Waals surface area (Å²) in [5.41, 5.74) is 1.11. The standard InChI is InChI=1S/C19H24N2O5/c1-13(18(23)20-14-7-3-2-4-8-14)25-17(22)11-12-21-15-9-5-6-10-16(15)26-19(21)24/h5-6,9-10,13-14H,2-4,7-8,11-12H2,1H3,(H,20,23). The zero-order valence-electron chi connectivity index (χ0n) is 14.9. The lowest BCUT2D eigenvalue weighted by Crippen LogP contribution is -2.42. The molecule has 2 aromatic rings. The molecule has 1 saturated carbocycles. The highest BCUT2D eigenvalue weighted by molar-refractivity contribution is 5.83. The van der Waals surface area contributed by atoms with Gasteiger partial charge in [0.2, 0.25) is 0 Å². The van der Waals surface area contributed by atoms with Gasteiger partial charge in [0.25, 0.3) is 5.91 Å². The van der Waals surface area contributed by atoms with Crippen LogP contribution in [0.1, 0.15) is 45.4 Å². The van der Waals surface area contributed by atoms with Gasteiger partial charge in [0.1, 0.15) is 0 Å². The molecule has 0 saturated heterocycles. The number of fused-ring (bicyclic) bond motifs is 1. The van der Waals surface area contributed by atoms with E-state index in [1.54, 1.807) is 31.2 Å². The van der Waals surface area contributed by atoms with E-state index in [-0.39, 0.29) is 24.9 Å². The molecule has 0 spiro atoms. The third-order valence-electron chi connectivity index (χ3n) is 4.74.